The lowest BCUT2D eigenvalue weighted by atomic mass is 9.80. The van der Waals surface area contributed by atoms with Crippen LogP contribution in [-0.4, -0.2) is 29.1 Å². The summed E-state index contributed by atoms with van der Waals surface area (Å²) >= 11 is 0. The number of unbranched alkanes of at least 4 members (excludes halogenated alkanes) is 1. The lowest BCUT2D eigenvalue weighted by Crippen LogP contribution is -2.20. The third-order valence-electron chi connectivity index (χ3n) is 8.57. The maximum atomic E-state index is 12.7. The number of nitrogens with zero attached hydrogens (tertiary/aromatic N) is 1. The van der Waals surface area contributed by atoms with Crippen LogP contribution in [0.4, 0.5) is 0 Å². The molecule has 2 N–H and O–H groups in total. The molecule has 41 heavy (non-hydrogen) atoms. The third kappa shape index (κ3) is 7.27. The zero-order valence-corrected chi connectivity index (χ0v) is 24.1. The van der Waals surface area contributed by atoms with Crippen molar-refractivity contribution in [3.05, 3.63) is 88.5 Å². The summed E-state index contributed by atoms with van der Waals surface area (Å²) in [6, 6.07) is 16.9. The summed E-state index contributed by atoms with van der Waals surface area (Å²) in [7, 11) is 0. The van der Waals surface area contributed by atoms with Crippen molar-refractivity contribution in [2.24, 2.45) is 10.4 Å². The standard InChI is InChI=1S/C36H41NO4/c1-2-3-17-36(18-4-5-19-36)20-14-30(38)10-6-26-7-13-34(40)35(23-26)41-22-16-27-8-11-31(39)25-32(27)28-9-12-33-29(24-28)15-21-37-33/h7-9,11-15,20,23-25,39-40H,2-6,10,16-19,21-22H2,1H3. The molecule has 0 unspecified atom stereocenters. The van der Waals surface area contributed by atoms with Crippen LogP contribution in [-0.2, 0) is 17.6 Å². The minimum absolute atomic E-state index is 0.0860. The van der Waals surface area contributed by atoms with Gasteiger partial charge in [0.15, 0.2) is 17.3 Å². The van der Waals surface area contributed by atoms with Gasteiger partial charge in [-0.2, -0.15) is 0 Å². The number of rotatable bonds is 13. The van der Waals surface area contributed by atoms with Crippen LogP contribution in [0.25, 0.3) is 17.2 Å². The van der Waals surface area contributed by atoms with Crippen LogP contribution in [0.15, 0.2) is 71.7 Å². The van der Waals surface area contributed by atoms with Gasteiger partial charge in [-0.05, 0) is 101 Å². The van der Waals surface area contributed by atoms with E-state index in [0.29, 0.717) is 38.2 Å². The first-order chi connectivity index (χ1) is 19.9. The van der Waals surface area contributed by atoms with Crippen LogP contribution in [0.1, 0.15) is 69.4 Å². The van der Waals surface area contributed by atoms with Gasteiger partial charge in [0, 0.05) is 12.8 Å². The molecule has 3 aromatic rings. The molecular formula is C36H41NO4. The number of aromatic hydroxyl groups is 2. The number of phenolic OH excluding ortho intramolecular Hbond substituents is 2. The Hall–Kier alpha value is -3.86. The minimum Gasteiger partial charge on any atom is -0.508 e. The van der Waals surface area contributed by atoms with Crippen LogP contribution in [0.5, 0.6) is 17.2 Å². The molecule has 0 amide bonds. The number of phenols is 2. The number of allylic oxidation sites excluding steroid dienone is 2. The van der Waals surface area contributed by atoms with Crippen molar-refractivity contribution in [1.82, 2.24) is 0 Å². The zero-order valence-electron chi connectivity index (χ0n) is 24.1. The Morgan fingerprint density at radius 2 is 1.88 bits per heavy atom. The Morgan fingerprint density at radius 1 is 1.02 bits per heavy atom. The highest BCUT2D eigenvalue weighted by Crippen LogP contribution is 2.43. The molecule has 1 saturated carbocycles. The Morgan fingerprint density at radius 3 is 2.71 bits per heavy atom. The first-order valence-electron chi connectivity index (χ1n) is 15.1. The number of hydrogen-bond donors (Lipinski definition) is 2. The topological polar surface area (TPSA) is 79.1 Å². The van der Waals surface area contributed by atoms with E-state index in [-0.39, 0.29) is 22.7 Å². The molecule has 3 aromatic carbocycles. The van der Waals surface area contributed by atoms with E-state index in [1.54, 1.807) is 18.2 Å². The molecule has 0 aromatic heterocycles. The molecule has 5 rings (SSSR count). The summed E-state index contributed by atoms with van der Waals surface area (Å²) in [6.07, 6.45) is 16.3. The molecule has 0 radical (unpaired) electrons. The second-order valence-electron chi connectivity index (χ2n) is 11.5. The largest absolute Gasteiger partial charge is 0.508 e. The van der Waals surface area contributed by atoms with Gasteiger partial charge in [0.1, 0.15) is 5.75 Å². The van der Waals surface area contributed by atoms with Crippen molar-refractivity contribution in [1.29, 1.82) is 0 Å². The number of ketones is 1. The molecule has 0 atom stereocenters. The van der Waals surface area contributed by atoms with Gasteiger partial charge in [-0.1, -0.05) is 63.0 Å². The average Bonchev–Trinajstić information content (AvgIpc) is 3.66. The molecule has 5 heteroatoms. The minimum atomic E-state index is 0.0860. The van der Waals surface area contributed by atoms with Crippen LogP contribution in [0, 0.1) is 5.41 Å². The molecule has 214 valence electrons. The van der Waals surface area contributed by atoms with E-state index >= 15 is 0 Å². The van der Waals surface area contributed by atoms with Gasteiger partial charge in [0.2, 0.25) is 0 Å². The zero-order chi connectivity index (χ0) is 28.7. The highest BCUT2D eigenvalue weighted by Gasteiger charge is 2.30. The summed E-state index contributed by atoms with van der Waals surface area (Å²) < 4.78 is 6.02. The Balaban J connectivity index is 1.19. The van der Waals surface area contributed by atoms with Gasteiger partial charge < -0.3 is 14.9 Å². The average molecular weight is 552 g/mol. The second kappa shape index (κ2) is 13.2. The first kappa shape index (κ1) is 28.7. The van der Waals surface area contributed by atoms with E-state index in [1.165, 1.54) is 44.9 Å². The van der Waals surface area contributed by atoms with E-state index in [9.17, 15) is 15.0 Å². The van der Waals surface area contributed by atoms with Crippen LogP contribution in [0.3, 0.4) is 0 Å². The molecule has 1 fully saturated rings. The number of carbonyl (C=O) groups excluding carboxylic acids is 1. The Labute approximate surface area is 242 Å². The molecule has 0 saturated heterocycles. The second-order valence-corrected chi connectivity index (χ2v) is 11.5. The maximum Gasteiger partial charge on any atom is 0.161 e. The number of aryl methyl sites for hydroxylation is 1. The monoisotopic (exact) mass is 551 g/mol. The van der Waals surface area contributed by atoms with Crippen LogP contribution in [0.2, 0.25) is 0 Å². The quantitative estimate of drug-likeness (QED) is 0.234. The van der Waals surface area contributed by atoms with E-state index in [4.69, 9.17) is 4.74 Å². The number of fused-ring (bicyclic) bond motifs is 1. The van der Waals surface area contributed by atoms with E-state index < -0.39 is 0 Å². The SMILES string of the molecule is CCCCC1(C=CC(=O)CCc2ccc(O)c(OCCc3ccc(O)cc3-c3ccc4c(c3)=CCN=4)c2)CCCC1. The van der Waals surface area contributed by atoms with Gasteiger partial charge in [-0.15, -0.1) is 0 Å². The molecule has 1 aliphatic carbocycles. The summed E-state index contributed by atoms with van der Waals surface area (Å²) in [5.74, 6) is 0.876. The third-order valence-corrected chi connectivity index (χ3v) is 8.57. The fraction of sp³-hybridized carbons (Fsp3) is 0.389. The van der Waals surface area contributed by atoms with Gasteiger partial charge in [0.05, 0.1) is 18.5 Å². The molecule has 0 spiro atoms. The lowest BCUT2D eigenvalue weighted by molar-refractivity contribution is -0.114. The van der Waals surface area contributed by atoms with Crippen molar-refractivity contribution in [3.63, 3.8) is 0 Å². The summed E-state index contributed by atoms with van der Waals surface area (Å²) in [6.45, 7) is 3.29. The number of benzene rings is 3. The van der Waals surface area contributed by atoms with Crippen molar-refractivity contribution < 1.29 is 19.7 Å². The highest BCUT2D eigenvalue weighted by molar-refractivity contribution is 5.89. The summed E-state index contributed by atoms with van der Waals surface area (Å²) in [5, 5.41) is 22.7. The number of hydrogen-bond acceptors (Lipinski definition) is 5. The maximum absolute atomic E-state index is 12.7. The Bertz CT molecular complexity index is 1530. The molecule has 5 nitrogen and oxygen atoms in total. The molecule has 1 heterocycles. The molecular weight excluding hydrogens is 510 g/mol. The number of carbonyl (C=O) groups is 1. The smallest absolute Gasteiger partial charge is 0.161 e. The van der Waals surface area contributed by atoms with Gasteiger partial charge in [0.25, 0.3) is 0 Å². The molecule has 2 aliphatic rings. The predicted molar refractivity (Wildman–Crippen MR) is 164 cm³/mol. The summed E-state index contributed by atoms with van der Waals surface area (Å²) in [4.78, 5) is 17.2. The van der Waals surface area contributed by atoms with Crippen LogP contribution >= 0.6 is 0 Å². The fourth-order valence-corrected chi connectivity index (χ4v) is 6.15. The predicted octanol–water partition coefficient (Wildman–Crippen LogP) is 6.61. The fourth-order valence-electron chi connectivity index (χ4n) is 6.15. The Kier molecular flexibility index (Phi) is 9.23. The molecule has 1 aliphatic heterocycles. The van der Waals surface area contributed by atoms with Gasteiger partial charge >= 0.3 is 0 Å². The van der Waals surface area contributed by atoms with Crippen molar-refractivity contribution >= 4 is 11.9 Å². The van der Waals surface area contributed by atoms with Crippen molar-refractivity contribution in [3.8, 4) is 28.4 Å². The lowest BCUT2D eigenvalue weighted by Gasteiger charge is -2.24. The first-order valence-corrected chi connectivity index (χ1v) is 15.1. The van der Waals surface area contributed by atoms with E-state index in [2.05, 4.69) is 30.1 Å². The molecule has 0 bridgehead atoms. The van der Waals surface area contributed by atoms with Crippen molar-refractivity contribution in [2.75, 3.05) is 13.2 Å². The van der Waals surface area contributed by atoms with Gasteiger partial charge in [-0.25, -0.2) is 0 Å². The van der Waals surface area contributed by atoms with E-state index in [0.717, 1.165) is 32.8 Å². The van der Waals surface area contributed by atoms with Crippen LogP contribution < -0.4 is 15.3 Å². The van der Waals surface area contributed by atoms with E-state index in [1.807, 2.05) is 36.4 Å². The highest BCUT2D eigenvalue weighted by atomic mass is 16.5. The summed E-state index contributed by atoms with van der Waals surface area (Å²) in [5.41, 5.74) is 4.21. The van der Waals surface area contributed by atoms with Crippen molar-refractivity contribution in [2.45, 2.75) is 71.1 Å². The van der Waals surface area contributed by atoms with Gasteiger partial charge in [-0.3, -0.25) is 9.79 Å². The normalized spacial score (nSPS) is 15.4. The number of ether oxygens (including phenoxy) is 1.